The number of hydrogen-bond acceptors (Lipinski definition) is 4. The van der Waals surface area contributed by atoms with Crippen LogP contribution in [0, 0.1) is 5.82 Å². The Hall–Kier alpha value is -3.34. The minimum Gasteiger partial charge on any atom is -0.508 e. The summed E-state index contributed by atoms with van der Waals surface area (Å²) in [6, 6.07) is 16.5. The zero-order chi connectivity index (χ0) is 19.9. The molecule has 144 valence electrons. The highest BCUT2D eigenvalue weighted by molar-refractivity contribution is 5.82. The van der Waals surface area contributed by atoms with Crippen LogP contribution in [-0.4, -0.2) is 18.0 Å². The van der Waals surface area contributed by atoms with Crippen LogP contribution in [0.5, 0.6) is 17.2 Å². The van der Waals surface area contributed by atoms with E-state index in [1.54, 1.807) is 54.6 Å². The molecule has 3 aromatic rings. The van der Waals surface area contributed by atoms with Gasteiger partial charge in [-0.3, -0.25) is 4.79 Å². The first-order valence-electron chi connectivity index (χ1n) is 9.03. The summed E-state index contributed by atoms with van der Waals surface area (Å²) >= 11 is 0. The van der Waals surface area contributed by atoms with Gasteiger partial charge < -0.3 is 14.6 Å². The van der Waals surface area contributed by atoms with E-state index in [1.165, 1.54) is 6.07 Å². The van der Waals surface area contributed by atoms with Crippen LogP contribution in [0.25, 0.3) is 11.1 Å². The van der Waals surface area contributed by atoms with E-state index in [4.69, 9.17) is 9.47 Å². The third-order valence-corrected chi connectivity index (χ3v) is 4.20. The SMILES string of the molecule is CCCOc1ccc(-c2ccc(C=O)c(OCc3ccc(O)cc3)c2)cc1F. The van der Waals surface area contributed by atoms with E-state index in [0.29, 0.717) is 23.5 Å². The molecule has 0 fully saturated rings. The Morgan fingerprint density at radius 2 is 1.64 bits per heavy atom. The van der Waals surface area contributed by atoms with E-state index >= 15 is 0 Å². The second kappa shape index (κ2) is 9.04. The first kappa shape index (κ1) is 19.4. The van der Waals surface area contributed by atoms with E-state index < -0.39 is 5.82 Å². The largest absolute Gasteiger partial charge is 0.508 e. The first-order chi connectivity index (χ1) is 13.6. The molecule has 4 nitrogen and oxygen atoms in total. The van der Waals surface area contributed by atoms with Crippen molar-refractivity contribution in [2.24, 2.45) is 0 Å². The lowest BCUT2D eigenvalue weighted by atomic mass is 10.0. The van der Waals surface area contributed by atoms with Crippen molar-refractivity contribution >= 4 is 6.29 Å². The molecule has 0 aliphatic heterocycles. The van der Waals surface area contributed by atoms with Gasteiger partial charge in [-0.2, -0.15) is 0 Å². The van der Waals surface area contributed by atoms with Crippen LogP contribution in [0.3, 0.4) is 0 Å². The van der Waals surface area contributed by atoms with E-state index in [9.17, 15) is 14.3 Å². The van der Waals surface area contributed by atoms with Gasteiger partial charge >= 0.3 is 0 Å². The van der Waals surface area contributed by atoms with Crippen molar-refractivity contribution in [1.29, 1.82) is 0 Å². The molecule has 3 rings (SSSR count). The summed E-state index contributed by atoms with van der Waals surface area (Å²) in [6.45, 7) is 2.66. The Morgan fingerprint density at radius 1 is 0.929 bits per heavy atom. The van der Waals surface area contributed by atoms with Crippen LogP contribution in [0.15, 0.2) is 60.7 Å². The molecule has 0 heterocycles. The molecule has 0 amide bonds. The summed E-state index contributed by atoms with van der Waals surface area (Å²) in [6.07, 6.45) is 1.52. The maximum absolute atomic E-state index is 14.3. The quantitative estimate of drug-likeness (QED) is 0.533. The smallest absolute Gasteiger partial charge is 0.165 e. The minimum atomic E-state index is -0.433. The number of ether oxygens (including phenoxy) is 2. The minimum absolute atomic E-state index is 0.174. The van der Waals surface area contributed by atoms with Gasteiger partial charge in [0.05, 0.1) is 12.2 Å². The summed E-state index contributed by atoms with van der Waals surface area (Å²) in [5.74, 6) is 0.371. The fourth-order valence-electron chi connectivity index (χ4n) is 2.70. The van der Waals surface area contributed by atoms with Gasteiger partial charge in [-0.1, -0.05) is 31.2 Å². The molecule has 0 bridgehead atoms. The molecular weight excluding hydrogens is 359 g/mol. The van der Waals surface area contributed by atoms with E-state index in [-0.39, 0.29) is 18.1 Å². The fraction of sp³-hybridized carbons (Fsp3) is 0.174. The number of benzene rings is 3. The Morgan fingerprint density at radius 3 is 2.32 bits per heavy atom. The summed E-state index contributed by atoms with van der Waals surface area (Å²) in [5.41, 5.74) is 2.65. The first-order valence-corrected chi connectivity index (χ1v) is 9.03. The third kappa shape index (κ3) is 4.68. The molecule has 0 saturated heterocycles. The molecule has 0 spiro atoms. The van der Waals surface area contributed by atoms with Crippen molar-refractivity contribution in [2.75, 3.05) is 6.61 Å². The van der Waals surface area contributed by atoms with Gasteiger partial charge in [-0.25, -0.2) is 4.39 Å². The standard InChI is InChI=1S/C23H21FO4/c1-2-11-27-22-10-7-17(12-21(22)24)18-5-6-19(14-25)23(13-18)28-15-16-3-8-20(26)9-4-16/h3-10,12-14,26H,2,11,15H2,1H3. The summed E-state index contributed by atoms with van der Waals surface area (Å²) in [7, 11) is 0. The monoisotopic (exact) mass is 380 g/mol. The lowest BCUT2D eigenvalue weighted by molar-refractivity contribution is 0.111. The molecule has 3 aromatic carbocycles. The van der Waals surface area contributed by atoms with Crippen LogP contribution < -0.4 is 9.47 Å². The highest BCUT2D eigenvalue weighted by Gasteiger charge is 2.10. The van der Waals surface area contributed by atoms with E-state index in [1.807, 2.05) is 6.92 Å². The second-order valence-corrected chi connectivity index (χ2v) is 6.32. The summed E-state index contributed by atoms with van der Waals surface area (Å²) in [5, 5.41) is 9.35. The lowest BCUT2D eigenvalue weighted by Gasteiger charge is -2.12. The second-order valence-electron chi connectivity index (χ2n) is 6.32. The maximum atomic E-state index is 14.3. The van der Waals surface area contributed by atoms with Gasteiger partial charge in [0, 0.05) is 0 Å². The molecule has 0 aliphatic rings. The molecule has 0 aromatic heterocycles. The average Bonchev–Trinajstić information content (AvgIpc) is 2.72. The number of phenolic OH excluding ortho intramolecular Hbond substituents is 1. The highest BCUT2D eigenvalue weighted by Crippen LogP contribution is 2.30. The zero-order valence-electron chi connectivity index (χ0n) is 15.5. The maximum Gasteiger partial charge on any atom is 0.165 e. The molecule has 0 atom stereocenters. The van der Waals surface area contributed by atoms with Crippen LogP contribution in [0.1, 0.15) is 29.3 Å². The van der Waals surface area contributed by atoms with Crippen LogP contribution in [0.4, 0.5) is 4.39 Å². The van der Waals surface area contributed by atoms with Crippen LogP contribution in [-0.2, 0) is 6.61 Å². The lowest BCUT2D eigenvalue weighted by Crippen LogP contribution is -1.99. The number of hydrogen-bond donors (Lipinski definition) is 1. The highest BCUT2D eigenvalue weighted by atomic mass is 19.1. The van der Waals surface area contributed by atoms with Crippen molar-refractivity contribution < 1.29 is 23.8 Å². The molecule has 5 heteroatoms. The average molecular weight is 380 g/mol. The number of aldehydes is 1. The number of carbonyl (C=O) groups is 1. The Bertz CT molecular complexity index is 951. The molecule has 0 unspecified atom stereocenters. The molecular formula is C23H21FO4. The van der Waals surface area contributed by atoms with E-state index in [2.05, 4.69) is 0 Å². The fourth-order valence-corrected chi connectivity index (χ4v) is 2.70. The third-order valence-electron chi connectivity index (χ3n) is 4.20. The summed E-state index contributed by atoms with van der Waals surface area (Å²) < 4.78 is 25.4. The normalized spacial score (nSPS) is 10.5. The molecule has 1 N–H and O–H groups in total. The van der Waals surface area contributed by atoms with Gasteiger partial charge in [-0.05, 0) is 59.5 Å². The van der Waals surface area contributed by atoms with Gasteiger partial charge in [0.1, 0.15) is 18.1 Å². The van der Waals surface area contributed by atoms with Crippen molar-refractivity contribution in [2.45, 2.75) is 20.0 Å². The molecule has 28 heavy (non-hydrogen) atoms. The van der Waals surface area contributed by atoms with Gasteiger partial charge in [0.2, 0.25) is 0 Å². The molecule has 0 saturated carbocycles. The van der Waals surface area contributed by atoms with E-state index in [0.717, 1.165) is 23.8 Å². The van der Waals surface area contributed by atoms with Crippen molar-refractivity contribution in [3.8, 4) is 28.4 Å². The van der Waals surface area contributed by atoms with Crippen molar-refractivity contribution in [3.63, 3.8) is 0 Å². The van der Waals surface area contributed by atoms with Crippen LogP contribution >= 0.6 is 0 Å². The number of phenols is 1. The van der Waals surface area contributed by atoms with Gasteiger partial charge in [-0.15, -0.1) is 0 Å². The number of rotatable bonds is 8. The predicted molar refractivity (Wildman–Crippen MR) is 105 cm³/mol. The van der Waals surface area contributed by atoms with Crippen molar-refractivity contribution in [1.82, 2.24) is 0 Å². The topological polar surface area (TPSA) is 55.8 Å². The molecule has 0 radical (unpaired) electrons. The summed E-state index contributed by atoms with van der Waals surface area (Å²) in [4.78, 5) is 11.3. The zero-order valence-corrected chi connectivity index (χ0v) is 15.5. The number of halogens is 1. The van der Waals surface area contributed by atoms with Crippen molar-refractivity contribution in [3.05, 3.63) is 77.6 Å². The van der Waals surface area contributed by atoms with Gasteiger partial charge in [0.25, 0.3) is 0 Å². The molecule has 0 aliphatic carbocycles. The Labute approximate surface area is 163 Å². The number of carbonyl (C=O) groups excluding carboxylic acids is 1. The number of aromatic hydroxyl groups is 1. The van der Waals surface area contributed by atoms with Gasteiger partial charge in [0.15, 0.2) is 17.9 Å². The predicted octanol–water partition coefficient (Wildman–Crippen LogP) is 5.38. The van der Waals surface area contributed by atoms with Crippen LogP contribution in [0.2, 0.25) is 0 Å². The Balaban J connectivity index is 1.82. The Kier molecular flexibility index (Phi) is 6.27.